The molecule has 0 spiro atoms. The Morgan fingerprint density at radius 2 is 1.00 bits per heavy atom. The van der Waals surface area contributed by atoms with Gasteiger partial charge in [0.05, 0.1) is 11.9 Å². The van der Waals surface area contributed by atoms with E-state index in [-0.39, 0.29) is 23.4 Å². The third-order valence-electron chi connectivity index (χ3n) is 1.17. The minimum Gasteiger partial charge on any atom is -0.545 e. The largest absolute Gasteiger partial charge is 0.545 e. The summed E-state index contributed by atoms with van der Waals surface area (Å²) in [5.41, 5.74) is -0.611. The Balaban J connectivity index is -0.000000405. The first-order valence-electron chi connectivity index (χ1n) is 2.57. The summed E-state index contributed by atoms with van der Waals surface area (Å²) >= 11 is 0. The number of rotatable bonds is 2. The summed E-state index contributed by atoms with van der Waals surface area (Å²) in [6, 6.07) is 0. The highest BCUT2D eigenvalue weighted by Gasteiger charge is 1.96. The molecule has 0 bridgehead atoms. The van der Waals surface area contributed by atoms with Gasteiger partial charge in [-0.05, 0) is 25.0 Å². The normalized spacial score (nSPS) is 10.2. The minimum atomic E-state index is -1.48. The standard InChI is InChI=1S/C6H8O4.2H3N/c1-3(5(7)8)4(2)6(9)10;;/h1-2H3,(H,7,8)(H,9,10);2*1H3/b4-3-;;. The average molecular weight is 178 g/mol. The van der Waals surface area contributed by atoms with E-state index in [0.29, 0.717) is 0 Å². The van der Waals surface area contributed by atoms with Crippen LogP contribution in [0.2, 0.25) is 0 Å². The van der Waals surface area contributed by atoms with Crippen molar-refractivity contribution in [2.24, 2.45) is 0 Å². The zero-order valence-corrected chi connectivity index (χ0v) is 7.63. The van der Waals surface area contributed by atoms with E-state index in [1.807, 2.05) is 0 Å². The first-order chi connectivity index (χ1) is 4.46. The summed E-state index contributed by atoms with van der Waals surface area (Å²) < 4.78 is 0. The highest BCUT2D eigenvalue weighted by atomic mass is 16.4. The van der Waals surface area contributed by atoms with Crippen LogP contribution in [0.25, 0.3) is 0 Å². The lowest BCUT2D eigenvalue weighted by Gasteiger charge is -2.08. The molecule has 0 aliphatic heterocycles. The van der Waals surface area contributed by atoms with E-state index >= 15 is 0 Å². The fourth-order valence-electron chi connectivity index (χ4n) is 0.306. The van der Waals surface area contributed by atoms with Gasteiger partial charge in [-0.1, -0.05) is 0 Å². The number of carbonyl (C=O) groups excluding carboxylic acids is 2. The molecule has 0 heterocycles. The van der Waals surface area contributed by atoms with Crippen LogP contribution in [0.5, 0.6) is 0 Å². The van der Waals surface area contributed by atoms with E-state index in [4.69, 9.17) is 0 Å². The topological polar surface area (TPSA) is 153 Å². The Labute approximate surface area is 70.1 Å². The van der Waals surface area contributed by atoms with Gasteiger partial charge in [-0.3, -0.25) is 0 Å². The smallest absolute Gasteiger partial charge is 0.0675 e. The fourth-order valence-corrected chi connectivity index (χ4v) is 0.306. The molecule has 0 saturated heterocycles. The zero-order chi connectivity index (χ0) is 8.31. The van der Waals surface area contributed by atoms with E-state index in [9.17, 15) is 19.8 Å². The molecule has 0 aromatic heterocycles. The molecule has 0 rings (SSSR count). The van der Waals surface area contributed by atoms with Crippen LogP contribution in [0.15, 0.2) is 11.1 Å². The van der Waals surface area contributed by atoms with E-state index in [1.54, 1.807) is 0 Å². The number of quaternary nitrogens is 2. The maximum Gasteiger partial charge on any atom is 0.0675 e. The summed E-state index contributed by atoms with van der Waals surface area (Å²) in [6.45, 7) is 2.31. The highest BCUT2D eigenvalue weighted by molar-refractivity contribution is 5.96. The Morgan fingerprint density at radius 3 is 1.08 bits per heavy atom. The second-order valence-electron chi connectivity index (χ2n) is 1.82. The molecule has 6 heteroatoms. The van der Waals surface area contributed by atoms with Crippen LogP contribution in [0.3, 0.4) is 0 Å². The van der Waals surface area contributed by atoms with Crippen LogP contribution in [-0.2, 0) is 9.59 Å². The summed E-state index contributed by atoms with van der Waals surface area (Å²) in [4.78, 5) is 20.0. The van der Waals surface area contributed by atoms with Gasteiger partial charge in [-0.25, -0.2) is 0 Å². The van der Waals surface area contributed by atoms with Crippen molar-refractivity contribution in [3.05, 3.63) is 11.1 Å². The molecule has 0 aromatic rings. The molecule has 0 radical (unpaired) electrons. The van der Waals surface area contributed by atoms with Crippen molar-refractivity contribution in [2.45, 2.75) is 13.8 Å². The number of carboxylic acid groups (broad SMARTS) is 2. The van der Waals surface area contributed by atoms with E-state index in [1.165, 1.54) is 0 Å². The monoisotopic (exact) mass is 178 g/mol. The molecule has 0 unspecified atom stereocenters. The molecule has 0 atom stereocenters. The second-order valence-corrected chi connectivity index (χ2v) is 1.82. The maximum atomic E-state index is 9.99. The van der Waals surface area contributed by atoms with Crippen LogP contribution < -0.4 is 22.5 Å². The molecular formula is C6H14N2O4. The highest BCUT2D eigenvalue weighted by Crippen LogP contribution is 1.99. The van der Waals surface area contributed by atoms with Gasteiger partial charge in [0.2, 0.25) is 0 Å². The molecule has 12 heavy (non-hydrogen) atoms. The van der Waals surface area contributed by atoms with Gasteiger partial charge >= 0.3 is 0 Å². The van der Waals surface area contributed by atoms with Gasteiger partial charge in [-0.2, -0.15) is 0 Å². The molecule has 0 aliphatic carbocycles. The van der Waals surface area contributed by atoms with Crippen molar-refractivity contribution in [2.75, 3.05) is 0 Å². The zero-order valence-electron chi connectivity index (χ0n) is 7.63. The Morgan fingerprint density at radius 1 is 0.833 bits per heavy atom. The van der Waals surface area contributed by atoms with Gasteiger partial charge in [0, 0.05) is 0 Å². The first kappa shape index (κ1) is 16.9. The third-order valence-corrected chi connectivity index (χ3v) is 1.17. The molecule has 0 fully saturated rings. The summed E-state index contributed by atoms with van der Waals surface area (Å²) in [6.07, 6.45) is 0. The number of carboxylic acids is 2. The molecule has 72 valence electrons. The Bertz CT molecular complexity index is 188. The van der Waals surface area contributed by atoms with Crippen LogP contribution in [0, 0.1) is 0 Å². The van der Waals surface area contributed by atoms with Crippen LogP contribution in [0.4, 0.5) is 0 Å². The number of hydrogen-bond donors (Lipinski definition) is 2. The van der Waals surface area contributed by atoms with Gasteiger partial charge < -0.3 is 32.1 Å². The number of hydrogen-bond acceptors (Lipinski definition) is 4. The SMILES string of the molecule is C/C(C(=O)[O-])=C(\C)C(=O)[O-].[NH4+].[NH4+]. The average Bonchev–Trinajstić information content (AvgIpc) is 1.84. The number of aliphatic carboxylic acids is 2. The lowest BCUT2D eigenvalue weighted by Crippen LogP contribution is -2.29. The molecule has 0 saturated carbocycles. The van der Waals surface area contributed by atoms with Crippen molar-refractivity contribution in [1.29, 1.82) is 0 Å². The van der Waals surface area contributed by atoms with Crippen LogP contribution in [-0.4, -0.2) is 11.9 Å². The van der Waals surface area contributed by atoms with Gasteiger partial charge in [0.1, 0.15) is 0 Å². The van der Waals surface area contributed by atoms with Gasteiger partial charge in [-0.15, -0.1) is 0 Å². The third kappa shape index (κ3) is 4.42. The van der Waals surface area contributed by atoms with Gasteiger partial charge in [0.15, 0.2) is 0 Å². The lowest BCUT2D eigenvalue weighted by molar-refractivity contribution is -0.304. The van der Waals surface area contributed by atoms with Crippen LogP contribution in [0.1, 0.15) is 13.8 Å². The van der Waals surface area contributed by atoms with Crippen molar-refractivity contribution in [1.82, 2.24) is 12.3 Å². The molecular weight excluding hydrogens is 164 g/mol. The second kappa shape index (κ2) is 6.32. The Hall–Kier alpha value is -1.40. The lowest BCUT2D eigenvalue weighted by atomic mass is 10.1. The summed E-state index contributed by atoms with van der Waals surface area (Å²) in [5.74, 6) is -2.97. The molecule has 8 N–H and O–H groups in total. The van der Waals surface area contributed by atoms with Crippen molar-refractivity contribution >= 4 is 11.9 Å². The first-order valence-corrected chi connectivity index (χ1v) is 2.57. The fraction of sp³-hybridized carbons (Fsp3) is 0.333. The van der Waals surface area contributed by atoms with Gasteiger partial charge in [0.25, 0.3) is 0 Å². The van der Waals surface area contributed by atoms with Crippen LogP contribution >= 0.6 is 0 Å². The summed E-state index contributed by atoms with van der Waals surface area (Å²) in [7, 11) is 0. The summed E-state index contributed by atoms with van der Waals surface area (Å²) in [5, 5.41) is 20.0. The molecule has 6 nitrogen and oxygen atoms in total. The number of carbonyl (C=O) groups is 2. The predicted molar refractivity (Wildman–Crippen MR) is 40.4 cm³/mol. The predicted octanol–water partition coefficient (Wildman–Crippen LogP) is -1.42. The molecule has 0 aliphatic rings. The van der Waals surface area contributed by atoms with E-state index in [0.717, 1.165) is 13.8 Å². The van der Waals surface area contributed by atoms with Crippen molar-refractivity contribution in [3.8, 4) is 0 Å². The maximum absolute atomic E-state index is 9.99. The van der Waals surface area contributed by atoms with Crippen molar-refractivity contribution in [3.63, 3.8) is 0 Å². The molecule has 0 aromatic carbocycles. The minimum absolute atomic E-state index is 0. The quantitative estimate of drug-likeness (QED) is 0.497. The van der Waals surface area contributed by atoms with E-state index < -0.39 is 11.9 Å². The van der Waals surface area contributed by atoms with Crippen molar-refractivity contribution < 1.29 is 19.8 Å². The molecule has 0 amide bonds. The van der Waals surface area contributed by atoms with E-state index in [2.05, 4.69) is 0 Å². The Kier molecular flexibility index (Phi) is 8.91.